The van der Waals surface area contributed by atoms with Crippen molar-refractivity contribution in [1.29, 1.82) is 0 Å². The molecule has 19 heavy (non-hydrogen) atoms. The Morgan fingerprint density at radius 2 is 1.95 bits per heavy atom. The Kier molecular flexibility index (Phi) is 4.29. The van der Waals surface area contributed by atoms with E-state index in [9.17, 15) is 9.59 Å². The molecule has 0 radical (unpaired) electrons. The van der Waals surface area contributed by atoms with Crippen LogP contribution in [0, 0.1) is 0 Å². The Balaban J connectivity index is 2.10. The zero-order valence-electron chi connectivity index (χ0n) is 10.9. The minimum absolute atomic E-state index is 0.0500. The van der Waals surface area contributed by atoms with Crippen molar-refractivity contribution in [3.05, 3.63) is 59.2 Å². The van der Waals surface area contributed by atoms with Crippen LogP contribution in [0.4, 0.5) is 0 Å². The molecule has 1 aromatic carbocycles. The maximum absolute atomic E-state index is 12.3. The summed E-state index contributed by atoms with van der Waals surface area (Å²) in [5.74, 6) is -0.259. The van der Waals surface area contributed by atoms with Gasteiger partial charge in [-0.05, 0) is 24.5 Å². The Bertz CT molecular complexity index is 538. The van der Waals surface area contributed by atoms with Gasteiger partial charge in [-0.1, -0.05) is 36.4 Å². The Hall–Kier alpha value is -2.16. The number of hydrogen-bond acceptors (Lipinski definition) is 3. The highest BCUT2D eigenvalue weighted by atomic mass is 16.5. The lowest BCUT2D eigenvalue weighted by atomic mass is 9.93. The first kappa shape index (κ1) is 13.3. The molecule has 0 spiro atoms. The van der Waals surface area contributed by atoms with Crippen molar-refractivity contribution in [3.8, 4) is 0 Å². The summed E-state index contributed by atoms with van der Waals surface area (Å²) in [5.41, 5.74) is 2.36. The number of carbonyl (C=O) groups excluding carboxylic acids is 2. The zero-order chi connectivity index (χ0) is 13.7. The molecular formula is C16H16O3. The number of hydrogen-bond donors (Lipinski definition) is 0. The van der Waals surface area contributed by atoms with Gasteiger partial charge in [-0.3, -0.25) is 9.59 Å². The Labute approximate surface area is 112 Å². The second kappa shape index (κ2) is 6.14. The highest BCUT2D eigenvalue weighted by molar-refractivity contribution is 6.09. The summed E-state index contributed by atoms with van der Waals surface area (Å²) in [6, 6.07) is 9.22. The quantitative estimate of drug-likeness (QED) is 0.614. The van der Waals surface area contributed by atoms with Gasteiger partial charge in [-0.15, -0.1) is 0 Å². The number of ketones is 1. The second-order valence-corrected chi connectivity index (χ2v) is 4.46. The van der Waals surface area contributed by atoms with E-state index in [-0.39, 0.29) is 18.4 Å². The highest BCUT2D eigenvalue weighted by Gasteiger charge is 2.15. The van der Waals surface area contributed by atoms with Crippen molar-refractivity contribution < 1.29 is 14.3 Å². The van der Waals surface area contributed by atoms with Gasteiger partial charge in [-0.2, -0.15) is 0 Å². The molecule has 0 aliphatic heterocycles. The molecule has 0 N–H and O–H groups in total. The van der Waals surface area contributed by atoms with Crippen LogP contribution >= 0.6 is 0 Å². The van der Waals surface area contributed by atoms with Crippen molar-refractivity contribution in [2.75, 3.05) is 6.61 Å². The van der Waals surface area contributed by atoms with Crippen LogP contribution in [-0.4, -0.2) is 18.4 Å². The number of allylic oxidation sites excluding steroid dienone is 2. The molecule has 1 aliphatic carbocycles. The molecule has 1 aliphatic rings. The molecule has 2 rings (SSSR count). The summed E-state index contributed by atoms with van der Waals surface area (Å²) in [5, 5.41) is 0. The highest BCUT2D eigenvalue weighted by Crippen LogP contribution is 2.21. The van der Waals surface area contributed by atoms with Crippen LogP contribution < -0.4 is 0 Å². The second-order valence-electron chi connectivity index (χ2n) is 4.46. The molecule has 0 heterocycles. The third kappa shape index (κ3) is 3.65. The average molecular weight is 256 g/mol. The molecule has 3 heteroatoms. The van der Waals surface area contributed by atoms with Crippen molar-refractivity contribution in [1.82, 2.24) is 0 Å². The Morgan fingerprint density at radius 1 is 1.21 bits per heavy atom. The molecule has 1 aromatic rings. The van der Waals surface area contributed by atoms with Crippen LogP contribution in [0.2, 0.25) is 0 Å². The number of rotatable bonds is 4. The van der Waals surface area contributed by atoms with E-state index in [1.807, 2.05) is 42.5 Å². The summed E-state index contributed by atoms with van der Waals surface area (Å²) >= 11 is 0. The van der Waals surface area contributed by atoms with E-state index >= 15 is 0 Å². The lowest BCUT2D eigenvalue weighted by molar-refractivity contribution is -0.139. The lowest BCUT2D eigenvalue weighted by Crippen LogP contribution is -2.09. The predicted molar refractivity (Wildman–Crippen MR) is 72.8 cm³/mol. The predicted octanol–water partition coefficient (Wildman–Crippen LogP) is 3.08. The maximum atomic E-state index is 12.3. The fraction of sp³-hybridized carbons (Fsp3) is 0.250. The van der Waals surface area contributed by atoms with Gasteiger partial charge in [0, 0.05) is 18.1 Å². The number of esters is 1. The maximum Gasteiger partial charge on any atom is 0.302 e. The fourth-order valence-corrected chi connectivity index (χ4v) is 2.01. The Morgan fingerprint density at radius 3 is 2.63 bits per heavy atom. The third-order valence-corrected chi connectivity index (χ3v) is 2.95. The normalized spacial score (nSPS) is 14.4. The van der Waals surface area contributed by atoms with Crippen LogP contribution in [-0.2, 0) is 9.53 Å². The smallest absolute Gasteiger partial charge is 0.302 e. The average Bonchev–Trinajstić information content (AvgIpc) is 2.45. The first-order chi connectivity index (χ1) is 9.16. The molecule has 0 unspecified atom stereocenters. The van der Waals surface area contributed by atoms with E-state index in [4.69, 9.17) is 4.74 Å². The summed E-state index contributed by atoms with van der Waals surface area (Å²) in [4.78, 5) is 23.1. The number of ether oxygens (including phenoxy) is 1. The number of Topliss-reactive ketones (excluding diaryl/α,β-unsaturated/α-hetero) is 1. The third-order valence-electron chi connectivity index (χ3n) is 2.95. The molecular weight excluding hydrogens is 240 g/mol. The van der Waals surface area contributed by atoms with E-state index in [0.717, 1.165) is 24.0 Å². The van der Waals surface area contributed by atoms with Crippen molar-refractivity contribution in [3.63, 3.8) is 0 Å². The molecule has 0 amide bonds. The summed E-state index contributed by atoms with van der Waals surface area (Å²) in [6.07, 6.45) is 5.38. The van der Waals surface area contributed by atoms with Crippen LogP contribution in [0.1, 0.15) is 30.1 Å². The molecule has 0 saturated heterocycles. The molecule has 0 saturated carbocycles. The first-order valence-electron chi connectivity index (χ1n) is 6.29. The monoisotopic (exact) mass is 256 g/mol. The van der Waals surface area contributed by atoms with E-state index < -0.39 is 0 Å². The lowest BCUT2D eigenvalue weighted by Gasteiger charge is -2.13. The molecule has 0 fully saturated rings. The van der Waals surface area contributed by atoms with Gasteiger partial charge < -0.3 is 4.74 Å². The molecule has 0 atom stereocenters. The van der Waals surface area contributed by atoms with Crippen molar-refractivity contribution in [2.24, 2.45) is 0 Å². The molecule has 98 valence electrons. The van der Waals surface area contributed by atoms with Gasteiger partial charge >= 0.3 is 5.97 Å². The van der Waals surface area contributed by atoms with E-state index in [0.29, 0.717) is 5.56 Å². The van der Waals surface area contributed by atoms with E-state index in [2.05, 4.69) is 0 Å². The van der Waals surface area contributed by atoms with Crippen LogP contribution in [0.5, 0.6) is 0 Å². The minimum atomic E-state index is -0.309. The van der Waals surface area contributed by atoms with Gasteiger partial charge in [0.1, 0.15) is 6.61 Å². The topological polar surface area (TPSA) is 43.4 Å². The van der Waals surface area contributed by atoms with Gasteiger partial charge in [0.15, 0.2) is 5.78 Å². The standard InChI is InChI=1S/C16H16O3/c1-12(17)19-11-13-6-5-9-15(10-13)16(18)14-7-3-2-4-8-14/h2-4,6-8,10H,5,9,11H2,1H3. The minimum Gasteiger partial charge on any atom is -0.461 e. The van der Waals surface area contributed by atoms with Gasteiger partial charge in [0.2, 0.25) is 0 Å². The van der Waals surface area contributed by atoms with Gasteiger partial charge in [0.05, 0.1) is 0 Å². The van der Waals surface area contributed by atoms with Crippen molar-refractivity contribution >= 4 is 11.8 Å². The SMILES string of the molecule is CC(=O)OCC1=CCCC(C(=O)c2ccccc2)=C1. The molecule has 0 aromatic heterocycles. The first-order valence-corrected chi connectivity index (χ1v) is 6.29. The van der Waals surface area contributed by atoms with E-state index in [1.165, 1.54) is 6.92 Å². The van der Waals surface area contributed by atoms with Gasteiger partial charge in [0.25, 0.3) is 0 Å². The van der Waals surface area contributed by atoms with Crippen molar-refractivity contribution in [2.45, 2.75) is 19.8 Å². The van der Waals surface area contributed by atoms with Crippen LogP contribution in [0.25, 0.3) is 0 Å². The van der Waals surface area contributed by atoms with E-state index in [1.54, 1.807) is 0 Å². The fourth-order valence-electron chi connectivity index (χ4n) is 2.01. The number of benzene rings is 1. The zero-order valence-corrected chi connectivity index (χ0v) is 10.9. The molecule has 0 bridgehead atoms. The summed E-state index contributed by atoms with van der Waals surface area (Å²) < 4.78 is 4.95. The largest absolute Gasteiger partial charge is 0.461 e. The number of carbonyl (C=O) groups is 2. The van der Waals surface area contributed by atoms with Gasteiger partial charge in [-0.25, -0.2) is 0 Å². The molecule has 3 nitrogen and oxygen atoms in total. The van der Waals surface area contributed by atoms with Crippen LogP contribution in [0.15, 0.2) is 53.6 Å². The van der Waals surface area contributed by atoms with Crippen LogP contribution in [0.3, 0.4) is 0 Å². The summed E-state index contributed by atoms with van der Waals surface area (Å²) in [7, 11) is 0. The summed E-state index contributed by atoms with van der Waals surface area (Å²) in [6.45, 7) is 1.62.